The molecule has 7 heteroatoms. The second kappa shape index (κ2) is 6.08. The molecule has 0 saturated heterocycles. The molecule has 0 radical (unpaired) electrons. The van der Waals surface area contributed by atoms with Gasteiger partial charge in [-0.15, -0.1) is 0 Å². The van der Waals surface area contributed by atoms with Crippen LogP contribution in [0.2, 0.25) is 0 Å². The summed E-state index contributed by atoms with van der Waals surface area (Å²) < 4.78 is 34.8. The molecule has 0 unspecified atom stereocenters. The number of ether oxygens (including phenoxy) is 2. The number of halogens is 3. The molecule has 4 nitrogen and oxygen atoms in total. The Labute approximate surface area is 110 Å². The van der Waals surface area contributed by atoms with Crippen LogP contribution in [0, 0.1) is 3.57 Å². The first kappa shape index (κ1) is 14.1. The molecule has 1 aromatic heterocycles. The molecule has 1 rings (SSSR count). The van der Waals surface area contributed by atoms with Gasteiger partial charge in [0.15, 0.2) is 0 Å². The van der Waals surface area contributed by atoms with Crippen molar-refractivity contribution in [1.29, 1.82) is 0 Å². The fourth-order valence-electron chi connectivity index (χ4n) is 1.21. The molecule has 17 heavy (non-hydrogen) atoms. The highest BCUT2D eigenvalue weighted by atomic mass is 127. The van der Waals surface area contributed by atoms with Gasteiger partial charge in [-0.3, -0.25) is 4.79 Å². The van der Waals surface area contributed by atoms with Crippen molar-refractivity contribution in [2.24, 2.45) is 0 Å². The molecule has 0 bridgehead atoms. The standard InChI is InChI=1S/C10H10F2INO3/c1-16-7(15)4-5-3-6(13)8(9(11)12)14-10(5)17-2/h3,9H,4H2,1-2H3. The summed E-state index contributed by atoms with van der Waals surface area (Å²) in [5.74, 6) is -0.461. The van der Waals surface area contributed by atoms with Crippen LogP contribution in [-0.2, 0) is 16.0 Å². The van der Waals surface area contributed by atoms with Crippen molar-refractivity contribution in [1.82, 2.24) is 4.98 Å². The van der Waals surface area contributed by atoms with E-state index < -0.39 is 12.4 Å². The predicted molar refractivity (Wildman–Crippen MR) is 64.2 cm³/mol. The van der Waals surface area contributed by atoms with E-state index in [0.29, 0.717) is 5.56 Å². The SMILES string of the molecule is COC(=O)Cc1cc(I)c(C(F)F)nc1OC. The van der Waals surface area contributed by atoms with Gasteiger partial charge in [-0.1, -0.05) is 0 Å². The van der Waals surface area contributed by atoms with Crippen LogP contribution < -0.4 is 4.74 Å². The lowest BCUT2D eigenvalue weighted by atomic mass is 10.2. The fraction of sp³-hybridized carbons (Fsp3) is 0.400. The quantitative estimate of drug-likeness (QED) is 0.613. The maximum absolute atomic E-state index is 12.6. The average molecular weight is 357 g/mol. The van der Waals surface area contributed by atoms with Gasteiger partial charge in [0.05, 0.1) is 20.6 Å². The van der Waals surface area contributed by atoms with E-state index in [1.165, 1.54) is 20.3 Å². The molecule has 1 aromatic rings. The summed E-state index contributed by atoms with van der Waals surface area (Å²) >= 11 is 1.74. The zero-order valence-corrected chi connectivity index (χ0v) is 11.3. The third-order valence-corrected chi connectivity index (χ3v) is 2.87. The van der Waals surface area contributed by atoms with Crippen molar-refractivity contribution in [3.63, 3.8) is 0 Å². The van der Waals surface area contributed by atoms with Crippen LogP contribution in [0.15, 0.2) is 6.07 Å². The Morgan fingerprint density at radius 3 is 2.65 bits per heavy atom. The monoisotopic (exact) mass is 357 g/mol. The summed E-state index contributed by atoms with van der Waals surface area (Å²) in [6.45, 7) is 0. The van der Waals surface area contributed by atoms with Gasteiger partial charge in [-0.2, -0.15) is 0 Å². The number of alkyl halides is 2. The molecule has 1 heterocycles. The van der Waals surface area contributed by atoms with Crippen molar-refractivity contribution >= 4 is 28.6 Å². The normalized spacial score (nSPS) is 10.5. The Morgan fingerprint density at radius 1 is 1.53 bits per heavy atom. The largest absolute Gasteiger partial charge is 0.481 e. The second-order valence-electron chi connectivity index (χ2n) is 3.08. The van der Waals surface area contributed by atoms with Gasteiger partial charge >= 0.3 is 5.97 Å². The van der Waals surface area contributed by atoms with Gasteiger partial charge < -0.3 is 9.47 Å². The van der Waals surface area contributed by atoms with Crippen molar-refractivity contribution in [2.75, 3.05) is 14.2 Å². The maximum atomic E-state index is 12.6. The van der Waals surface area contributed by atoms with Gasteiger partial charge in [-0.25, -0.2) is 13.8 Å². The minimum absolute atomic E-state index is 0.0196. The van der Waals surface area contributed by atoms with E-state index >= 15 is 0 Å². The molecule has 0 aliphatic carbocycles. The molecule has 0 aromatic carbocycles. The second-order valence-corrected chi connectivity index (χ2v) is 4.24. The van der Waals surface area contributed by atoms with E-state index in [9.17, 15) is 13.6 Å². The highest BCUT2D eigenvalue weighted by Crippen LogP contribution is 2.28. The Kier molecular flexibility index (Phi) is 5.03. The highest BCUT2D eigenvalue weighted by Gasteiger charge is 2.19. The van der Waals surface area contributed by atoms with Gasteiger partial charge in [0.25, 0.3) is 6.43 Å². The van der Waals surface area contributed by atoms with Crippen LogP contribution in [0.1, 0.15) is 17.7 Å². The minimum Gasteiger partial charge on any atom is -0.481 e. The Bertz CT molecular complexity index is 426. The minimum atomic E-state index is -2.68. The van der Waals surface area contributed by atoms with Gasteiger partial charge in [-0.05, 0) is 28.7 Å². The van der Waals surface area contributed by atoms with Crippen molar-refractivity contribution in [3.05, 3.63) is 20.9 Å². The molecule has 0 N–H and O–H groups in total. The maximum Gasteiger partial charge on any atom is 0.310 e. The number of methoxy groups -OCH3 is 2. The molecule has 0 aliphatic heterocycles. The smallest absolute Gasteiger partial charge is 0.310 e. The summed E-state index contributed by atoms with van der Waals surface area (Å²) in [6, 6.07) is 1.45. The van der Waals surface area contributed by atoms with Crippen LogP contribution in [0.5, 0.6) is 5.88 Å². The topological polar surface area (TPSA) is 48.4 Å². The van der Waals surface area contributed by atoms with E-state index in [-0.39, 0.29) is 21.6 Å². The van der Waals surface area contributed by atoms with Crippen LogP contribution in [0.3, 0.4) is 0 Å². The molecule has 0 aliphatic rings. The van der Waals surface area contributed by atoms with Gasteiger partial charge in [0, 0.05) is 9.13 Å². The van der Waals surface area contributed by atoms with Crippen molar-refractivity contribution in [3.8, 4) is 5.88 Å². The van der Waals surface area contributed by atoms with Crippen LogP contribution in [-0.4, -0.2) is 25.2 Å². The molecular formula is C10H10F2INO3. The molecule has 0 amide bonds. The Balaban J connectivity index is 3.14. The number of carbonyl (C=O) groups excluding carboxylic acids is 1. The number of pyridine rings is 1. The number of carbonyl (C=O) groups is 1. The highest BCUT2D eigenvalue weighted by molar-refractivity contribution is 14.1. The third-order valence-electron chi connectivity index (χ3n) is 2.00. The van der Waals surface area contributed by atoms with E-state index in [1.807, 2.05) is 0 Å². The fourth-order valence-corrected chi connectivity index (χ4v) is 1.94. The first-order chi connectivity index (χ1) is 7.99. The van der Waals surface area contributed by atoms with E-state index in [4.69, 9.17) is 4.74 Å². The van der Waals surface area contributed by atoms with Crippen LogP contribution >= 0.6 is 22.6 Å². The molecule has 0 saturated carbocycles. The molecule has 94 valence electrons. The molecular weight excluding hydrogens is 347 g/mol. The summed E-state index contributed by atoms with van der Waals surface area (Å²) in [7, 11) is 2.56. The average Bonchev–Trinajstić information content (AvgIpc) is 2.28. The Morgan fingerprint density at radius 2 is 2.18 bits per heavy atom. The third kappa shape index (κ3) is 3.48. The lowest BCUT2D eigenvalue weighted by Crippen LogP contribution is -2.09. The number of nitrogens with zero attached hydrogens (tertiary/aromatic N) is 1. The number of hydrogen-bond acceptors (Lipinski definition) is 4. The lowest BCUT2D eigenvalue weighted by molar-refractivity contribution is -0.139. The van der Waals surface area contributed by atoms with Crippen LogP contribution in [0.25, 0.3) is 0 Å². The Hall–Kier alpha value is -0.990. The first-order valence-electron chi connectivity index (χ1n) is 4.57. The molecule has 0 fully saturated rings. The summed E-state index contributed by atoms with van der Waals surface area (Å²) in [4.78, 5) is 14.8. The van der Waals surface area contributed by atoms with Gasteiger partial charge in [0.2, 0.25) is 5.88 Å². The van der Waals surface area contributed by atoms with Gasteiger partial charge in [0.1, 0.15) is 5.69 Å². The molecule has 0 spiro atoms. The van der Waals surface area contributed by atoms with Crippen molar-refractivity contribution < 1.29 is 23.0 Å². The summed E-state index contributed by atoms with van der Waals surface area (Å²) in [5, 5.41) is 0. The van der Waals surface area contributed by atoms with E-state index in [1.54, 1.807) is 22.6 Å². The van der Waals surface area contributed by atoms with E-state index in [0.717, 1.165) is 0 Å². The van der Waals surface area contributed by atoms with Crippen LogP contribution in [0.4, 0.5) is 8.78 Å². The summed E-state index contributed by atoms with van der Waals surface area (Å²) in [6.07, 6.45) is -2.74. The predicted octanol–water partition coefficient (Wildman–Crippen LogP) is 2.35. The lowest BCUT2D eigenvalue weighted by Gasteiger charge is -2.10. The number of esters is 1. The molecule has 0 atom stereocenters. The van der Waals surface area contributed by atoms with Crippen molar-refractivity contribution in [2.45, 2.75) is 12.8 Å². The number of aromatic nitrogens is 1. The number of hydrogen-bond donors (Lipinski definition) is 0. The zero-order chi connectivity index (χ0) is 13.0. The first-order valence-corrected chi connectivity index (χ1v) is 5.65. The van der Waals surface area contributed by atoms with E-state index in [2.05, 4.69) is 9.72 Å². The summed E-state index contributed by atoms with van der Waals surface area (Å²) in [5.41, 5.74) is 0.0733. The number of rotatable bonds is 4. The zero-order valence-electron chi connectivity index (χ0n) is 9.17.